The van der Waals surface area contributed by atoms with Crippen molar-refractivity contribution >= 4 is 33.7 Å². The molecule has 0 aliphatic heterocycles. The number of hydrogen-bond acceptors (Lipinski definition) is 6. The Morgan fingerprint density at radius 3 is 2.77 bits per heavy atom. The van der Waals surface area contributed by atoms with Crippen molar-refractivity contribution in [1.82, 2.24) is 39.7 Å². The van der Waals surface area contributed by atoms with Gasteiger partial charge in [-0.1, -0.05) is 25.3 Å². The van der Waals surface area contributed by atoms with Gasteiger partial charge in [0.2, 0.25) is 5.91 Å². The summed E-state index contributed by atoms with van der Waals surface area (Å²) >= 11 is 0. The number of aromatic nitrogens is 8. The molecule has 1 aromatic carbocycles. The van der Waals surface area contributed by atoms with Crippen LogP contribution in [0.15, 0.2) is 61.3 Å². The van der Waals surface area contributed by atoms with Crippen LogP contribution in [-0.4, -0.2) is 45.6 Å². The van der Waals surface area contributed by atoms with Crippen molar-refractivity contribution in [1.29, 1.82) is 0 Å². The van der Waals surface area contributed by atoms with E-state index in [0.29, 0.717) is 22.7 Å². The van der Waals surface area contributed by atoms with E-state index >= 15 is 0 Å². The van der Waals surface area contributed by atoms with Crippen LogP contribution < -0.4 is 5.32 Å². The fourth-order valence-corrected chi connectivity index (χ4v) is 5.37. The Balaban J connectivity index is 1.22. The van der Waals surface area contributed by atoms with Crippen LogP contribution in [0.3, 0.4) is 0 Å². The van der Waals surface area contributed by atoms with Gasteiger partial charge in [0, 0.05) is 23.9 Å². The highest BCUT2D eigenvalue weighted by Crippen LogP contribution is 2.30. The van der Waals surface area contributed by atoms with Crippen LogP contribution in [-0.2, 0) is 4.79 Å². The lowest BCUT2D eigenvalue weighted by Gasteiger charge is -2.20. The first kappa shape index (κ1) is 23.3. The molecule has 1 aliphatic carbocycles. The number of anilines is 1. The third kappa shape index (κ3) is 4.33. The van der Waals surface area contributed by atoms with Crippen LogP contribution in [0.4, 0.5) is 5.69 Å². The number of nitrogens with one attached hydrogen (secondary N) is 3. The van der Waals surface area contributed by atoms with Gasteiger partial charge in [-0.05, 0) is 50.1 Å². The first-order valence-corrected chi connectivity index (χ1v) is 13.2. The van der Waals surface area contributed by atoms with E-state index in [2.05, 4.69) is 30.5 Å². The Bertz CT molecular complexity index is 1820. The van der Waals surface area contributed by atoms with Crippen molar-refractivity contribution in [2.75, 3.05) is 5.32 Å². The van der Waals surface area contributed by atoms with Gasteiger partial charge in [0.05, 0.1) is 46.3 Å². The summed E-state index contributed by atoms with van der Waals surface area (Å²) in [6.07, 6.45) is 12.5. The van der Waals surface area contributed by atoms with Gasteiger partial charge in [-0.25, -0.2) is 15.0 Å². The fourth-order valence-electron chi connectivity index (χ4n) is 5.37. The Labute approximate surface area is 223 Å². The minimum Gasteiger partial charge on any atom is -0.336 e. The SMILES string of the molecule is Cc1cn(-c2cccc3[nH]c(-c4n[nH]c5ccc(-c6cncc(NC(=O)C7CCCCC7)c6)nc45)nc23)cn1. The number of nitrogens with zero attached hydrogens (tertiary/aromatic N) is 6. The number of aromatic amines is 2. The van der Waals surface area contributed by atoms with Crippen LogP contribution in [0.2, 0.25) is 0 Å². The lowest BCUT2D eigenvalue weighted by atomic mass is 9.88. The van der Waals surface area contributed by atoms with E-state index in [-0.39, 0.29) is 11.8 Å². The average molecular weight is 518 g/mol. The number of benzene rings is 1. The molecule has 7 rings (SSSR count). The quantitative estimate of drug-likeness (QED) is 0.274. The van der Waals surface area contributed by atoms with E-state index in [1.807, 2.05) is 54.1 Å². The maximum atomic E-state index is 12.8. The first-order valence-electron chi connectivity index (χ1n) is 13.2. The highest BCUT2D eigenvalue weighted by molar-refractivity contribution is 5.94. The normalized spacial score (nSPS) is 14.3. The number of imidazole rings is 2. The molecule has 1 aliphatic rings. The predicted molar refractivity (Wildman–Crippen MR) is 149 cm³/mol. The minimum atomic E-state index is 0.0734. The summed E-state index contributed by atoms with van der Waals surface area (Å²) in [6.45, 7) is 1.96. The van der Waals surface area contributed by atoms with Crippen molar-refractivity contribution in [2.45, 2.75) is 39.0 Å². The van der Waals surface area contributed by atoms with E-state index in [9.17, 15) is 4.79 Å². The number of amides is 1. The van der Waals surface area contributed by atoms with Gasteiger partial charge in [0.25, 0.3) is 0 Å². The van der Waals surface area contributed by atoms with E-state index in [4.69, 9.17) is 9.97 Å². The number of hydrogen-bond donors (Lipinski definition) is 3. The standard InChI is InChI=1S/C29H27N9O/c1-17-15-38(16-31-17)24-9-5-8-22-25(24)35-28(34-22)27-26-23(36-37-27)11-10-21(33-26)19-12-20(14-30-13-19)32-29(39)18-6-3-2-4-7-18/h5,8-16,18H,2-4,6-7H2,1H3,(H,32,39)(H,34,35)(H,36,37). The van der Waals surface area contributed by atoms with Crippen LogP contribution in [0.25, 0.3) is 50.5 Å². The molecule has 0 spiro atoms. The van der Waals surface area contributed by atoms with Crippen molar-refractivity contribution < 1.29 is 4.79 Å². The summed E-state index contributed by atoms with van der Waals surface area (Å²) in [6, 6.07) is 11.8. The van der Waals surface area contributed by atoms with E-state index < -0.39 is 0 Å². The Morgan fingerprint density at radius 1 is 1.03 bits per heavy atom. The van der Waals surface area contributed by atoms with Gasteiger partial charge < -0.3 is 14.9 Å². The molecule has 10 heteroatoms. The zero-order valence-electron chi connectivity index (χ0n) is 21.5. The number of carbonyl (C=O) groups excluding carboxylic acids is 1. The van der Waals surface area contributed by atoms with Gasteiger partial charge in [-0.2, -0.15) is 5.10 Å². The van der Waals surface area contributed by atoms with Gasteiger partial charge in [0.1, 0.15) is 11.0 Å². The lowest BCUT2D eigenvalue weighted by molar-refractivity contribution is -0.120. The maximum absolute atomic E-state index is 12.8. The molecule has 5 aromatic heterocycles. The first-order chi connectivity index (χ1) is 19.1. The summed E-state index contributed by atoms with van der Waals surface area (Å²) < 4.78 is 1.97. The lowest BCUT2D eigenvalue weighted by Crippen LogP contribution is -2.24. The van der Waals surface area contributed by atoms with E-state index in [1.54, 1.807) is 18.7 Å². The molecule has 3 N–H and O–H groups in total. The van der Waals surface area contributed by atoms with Crippen LogP contribution in [0.1, 0.15) is 37.8 Å². The van der Waals surface area contributed by atoms with Crippen molar-refractivity contribution in [3.8, 4) is 28.5 Å². The number of rotatable bonds is 5. The molecule has 1 saturated carbocycles. The topological polar surface area (TPSA) is 130 Å². The number of aryl methyl sites for hydroxylation is 1. The Hall–Kier alpha value is -4.86. The molecule has 10 nitrogen and oxygen atoms in total. The highest BCUT2D eigenvalue weighted by Gasteiger charge is 2.21. The van der Waals surface area contributed by atoms with Crippen LogP contribution in [0, 0.1) is 12.8 Å². The third-order valence-corrected chi connectivity index (χ3v) is 7.39. The molecule has 0 unspecified atom stereocenters. The Morgan fingerprint density at radius 2 is 1.92 bits per heavy atom. The van der Waals surface area contributed by atoms with Crippen LogP contribution in [0.5, 0.6) is 0 Å². The molecule has 0 radical (unpaired) electrons. The predicted octanol–water partition coefficient (Wildman–Crippen LogP) is 5.58. The van der Waals surface area contributed by atoms with Gasteiger partial charge in [-0.3, -0.25) is 14.9 Å². The summed E-state index contributed by atoms with van der Waals surface area (Å²) in [4.78, 5) is 34.7. The highest BCUT2D eigenvalue weighted by atomic mass is 16.1. The summed E-state index contributed by atoms with van der Waals surface area (Å²) in [7, 11) is 0. The Kier molecular flexibility index (Phi) is 5.65. The summed E-state index contributed by atoms with van der Waals surface area (Å²) in [5.74, 6) is 0.772. The minimum absolute atomic E-state index is 0.0734. The molecule has 0 atom stereocenters. The molecule has 1 fully saturated rings. The maximum Gasteiger partial charge on any atom is 0.227 e. The number of H-pyrrole nitrogens is 2. The number of fused-ring (bicyclic) bond motifs is 2. The molecule has 0 bridgehead atoms. The van der Waals surface area contributed by atoms with Gasteiger partial charge in [-0.15, -0.1) is 0 Å². The number of carbonyl (C=O) groups is 1. The smallest absolute Gasteiger partial charge is 0.227 e. The molecule has 0 saturated heterocycles. The van der Waals surface area contributed by atoms with Gasteiger partial charge in [0.15, 0.2) is 11.5 Å². The molecule has 1 amide bonds. The van der Waals surface area contributed by atoms with Crippen LogP contribution >= 0.6 is 0 Å². The van der Waals surface area contributed by atoms with Crippen molar-refractivity contribution in [3.63, 3.8) is 0 Å². The van der Waals surface area contributed by atoms with E-state index in [0.717, 1.165) is 64.9 Å². The van der Waals surface area contributed by atoms with Crippen molar-refractivity contribution in [2.24, 2.45) is 5.92 Å². The van der Waals surface area contributed by atoms with Crippen molar-refractivity contribution in [3.05, 3.63) is 67.0 Å². The van der Waals surface area contributed by atoms with Gasteiger partial charge >= 0.3 is 0 Å². The second kappa shape index (κ2) is 9.46. The zero-order valence-corrected chi connectivity index (χ0v) is 21.5. The summed E-state index contributed by atoms with van der Waals surface area (Å²) in [5, 5.41) is 10.7. The fraction of sp³-hybridized carbons (Fsp3) is 0.241. The molecule has 5 heterocycles. The molecular weight excluding hydrogens is 490 g/mol. The second-order valence-corrected chi connectivity index (χ2v) is 10.1. The largest absolute Gasteiger partial charge is 0.336 e. The number of pyridine rings is 2. The molecular formula is C29H27N9O. The average Bonchev–Trinajstić information content (AvgIpc) is 3.71. The zero-order chi connectivity index (χ0) is 26.3. The molecule has 39 heavy (non-hydrogen) atoms. The molecule has 6 aromatic rings. The number of para-hydroxylation sites is 1. The summed E-state index contributed by atoms with van der Waals surface area (Å²) in [5.41, 5.74) is 7.94. The van der Waals surface area contributed by atoms with E-state index in [1.165, 1.54) is 6.42 Å². The molecule has 194 valence electrons. The second-order valence-electron chi connectivity index (χ2n) is 10.1. The monoisotopic (exact) mass is 517 g/mol. The third-order valence-electron chi connectivity index (χ3n) is 7.39.